The highest BCUT2D eigenvalue weighted by molar-refractivity contribution is 5.25. The molecule has 0 saturated carbocycles. The number of halogens is 2. The quantitative estimate of drug-likeness (QED) is 0.869. The maximum Gasteiger partial charge on any atom is 0.125 e. The molecule has 0 aliphatic heterocycles. The van der Waals surface area contributed by atoms with Gasteiger partial charge in [0.15, 0.2) is 0 Å². The fraction of sp³-hybridized carbons (Fsp3) is 0.250. The van der Waals surface area contributed by atoms with Crippen molar-refractivity contribution in [2.45, 2.75) is 12.5 Å². The van der Waals surface area contributed by atoms with Crippen molar-refractivity contribution in [3.63, 3.8) is 0 Å². The predicted molar refractivity (Wildman–Crippen MR) is 74.7 cm³/mol. The molecule has 0 bridgehead atoms. The van der Waals surface area contributed by atoms with Gasteiger partial charge in [0.05, 0.1) is 0 Å². The molecule has 4 heteroatoms. The molecule has 0 saturated heterocycles. The van der Waals surface area contributed by atoms with Gasteiger partial charge in [0.1, 0.15) is 23.5 Å². The summed E-state index contributed by atoms with van der Waals surface area (Å²) in [6, 6.07) is 12.1. The molecule has 2 aromatic carbocycles. The first-order chi connectivity index (χ1) is 9.69. The lowest BCUT2D eigenvalue weighted by molar-refractivity contribution is 0.194. The molecular formula is C16H17F2NO. The van der Waals surface area contributed by atoms with Crippen molar-refractivity contribution in [2.75, 3.05) is 13.6 Å². The van der Waals surface area contributed by atoms with Crippen molar-refractivity contribution in [3.8, 4) is 5.75 Å². The van der Waals surface area contributed by atoms with E-state index in [0.717, 1.165) is 18.5 Å². The van der Waals surface area contributed by atoms with Crippen LogP contribution in [0.2, 0.25) is 0 Å². The normalized spacial score (nSPS) is 12.2. The van der Waals surface area contributed by atoms with Crippen LogP contribution in [0.5, 0.6) is 5.75 Å². The summed E-state index contributed by atoms with van der Waals surface area (Å²) in [6.07, 6.45) is 0.535. The van der Waals surface area contributed by atoms with Crippen LogP contribution < -0.4 is 10.1 Å². The molecule has 2 aromatic rings. The molecule has 0 spiro atoms. The zero-order chi connectivity index (χ0) is 14.4. The van der Waals surface area contributed by atoms with E-state index in [1.165, 1.54) is 24.3 Å². The molecule has 1 unspecified atom stereocenters. The minimum absolute atomic E-state index is 0.200. The van der Waals surface area contributed by atoms with Gasteiger partial charge in [-0.1, -0.05) is 12.1 Å². The highest BCUT2D eigenvalue weighted by Crippen LogP contribution is 2.25. The lowest BCUT2D eigenvalue weighted by Crippen LogP contribution is -2.16. The Kier molecular flexibility index (Phi) is 5.07. The Hall–Kier alpha value is -1.94. The van der Waals surface area contributed by atoms with Crippen molar-refractivity contribution < 1.29 is 13.5 Å². The van der Waals surface area contributed by atoms with Crippen LogP contribution in [0, 0.1) is 11.6 Å². The Balaban J connectivity index is 2.14. The second-order valence-corrected chi connectivity index (χ2v) is 4.50. The third-order valence-corrected chi connectivity index (χ3v) is 2.99. The van der Waals surface area contributed by atoms with E-state index < -0.39 is 0 Å². The average Bonchev–Trinajstić information content (AvgIpc) is 2.46. The second kappa shape index (κ2) is 7.01. The molecule has 2 nitrogen and oxygen atoms in total. The highest BCUT2D eigenvalue weighted by atomic mass is 19.1. The number of hydrogen-bond donors (Lipinski definition) is 1. The standard InChI is InChI=1S/C16H17F2NO/c1-19-11-10-16(12-2-4-13(17)5-3-12)20-15-8-6-14(18)7-9-15/h2-9,16,19H,10-11H2,1H3. The van der Waals surface area contributed by atoms with Crippen molar-refractivity contribution in [2.24, 2.45) is 0 Å². The molecule has 1 atom stereocenters. The number of hydrogen-bond acceptors (Lipinski definition) is 2. The third-order valence-electron chi connectivity index (χ3n) is 2.99. The van der Waals surface area contributed by atoms with Crippen molar-refractivity contribution in [3.05, 3.63) is 65.7 Å². The van der Waals surface area contributed by atoms with E-state index >= 15 is 0 Å². The number of ether oxygens (including phenoxy) is 1. The van der Waals surface area contributed by atoms with E-state index in [2.05, 4.69) is 5.32 Å². The van der Waals surface area contributed by atoms with Crippen molar-refractivity contribution in [1.29, 1.82) is 0 Å². The molecule has 0 aliphatic rings. The zero-order valence-electron chi connectivity index (χ0n) is 11.3. The summed E-state index contributed by atoms with van der Waals surface area (Å²) in [5.74, 6) is 0.0191. The minimum Gasteiger partial charge on any atom is -0.486 e. The topological polar surface area (TPSA) is 21.3 Å². The summed E-state index contributed by atoms with van der Waals surface area (Å²) < 4.78 is 31.7. The van der Waals surface area contributed by atoms with Crippen LogP contribution in [0.3, 0.4) is 0 Å². The largest absolute Gasteiger partial charge is 0.486 e. The summed E-state index contributed by atoms with van der Waals surface area (Å²) in [5, 5.41) is 3.06. The number of rotatable bonds is 6. The van der Waals surface area contributed by atoms with E-state index in [1.807, 2.05) is 7.05 Å². The first kappa shape index (κ1) is 14.5. The number of benzene rings is 2. The van der Waals surface area contributed by atoms with E-state index in [4.69, 9.17) is 4.74 Å². The van der Waals surface area contributed by atoms with Gasteiger partial charge in [-0.05, 0) is 55.6 Å². The van der Waals surface area contributed by atoms with Crippen LogP contribution >= 0.6 is 0 Å². The molecule has 106 valence electrons. The molecule has 0 aliphatic carbocycles. The lowest BCUT2D eigenvalue weighted by Gasteiger charge is -2.19. The molecule has 1 N–H and O–H groups in total. The molecule has 20 heavy (non-hydrogen) atoms. The van der Waals surface area contributed by atoms with Gasteiger partial charge >= 0.3 is 0 Å². The maximum atomic E-state index is 13.0. The van der Waals surface area contributed by atoms with Crippen LogP contribution in [-0.2, 0) is 0 Å². The molecule has 0 radical (unpaired) electrons. The van der Waals surface area contributed by atoms with Gasteiger partial charge in [-0.2, -0.15) is 0 Å². The van der Waals surface area contributed by atoms with Gasteiger partial charge in [0.2, 0.25) is 0 Å². The fourth-order valence-electron chi connectivity index (χ4n) is 1.92. The Morgan fingerprint density at radius 3 is 2.05 bits per heavy atom. The van der Waals surface area contributed by atoms with Gasteiger partial charge in [-0.25, -0.2) is 8.78 Å². The smallest absolute Gasteiger partial charge is 0.125 e. The van der Waals surface area contributed by atoms with Crippen LogP contribution in [0.1, 0.15) is 18.1 Å². The fourth-order valence-corrected chi connectivity index (χ4v) is 1.92. The molecule has 2 rings (SSSR count). The second-order valence-electron chi connectivity index (χ2n) is 4.50. The summed E-state index contributed by atoms with van der Waals surface area (Å²) in [5.41, 5.74) is 0.894. The van der Waals surface area contributed by atoms with E-state index in [0.29, 0.717) is 5.75 Å². The lowest BCUT2D eigenvalue weighted by atomic mass is 10.1. The molecule has 0 amide bonds. The van der Waals surface area contributed by atoms with Crippen LogP contribution in [-0.4, -0.2) is 13.6 Å². The van der Waals surface area contributed by atoms with Crippen LogP contribution in [0.4, 0.5) is 8.78 Å². The average molecular weight is 277 g/mol. The third kappa shape index (κ3) is 4.03. The summed E-state index contributed by atoms with van der Waals surface area (Å²) in [7, 11) is 1.86. The van der Waals surface area contributed by atoms with Gasteiger partial charge in [-0.3, -0.25) is 0 Å². The van der Waals surface area contributed by atoms with E-state index in [9.17, 15) is 8.78 Å². The number of nitrogens with one attached hydrogen (secondary N) is 1. The van der Waals surface area contributed by atoms with Gasteiger partial charge in [0.25, 0.3) is 0 Å². The zero-order valence-corrected chi connectivity index (χ0v) is 11.3. The first-order valence-electron chi connectivity index (χ1n) is 6.51. The highest BCUT2D eigenvalue weighted by Gasteiger charge is 2.13. The van der Waals surface area contributed by atoms with E-state index in [-0.39, 0.29) is 17.7 Å². The predicted octanol–water partition coefficient (Wildman–Crippen LogP) is 3.69. The Labute approximate surface area is 117 Å². The molecule has 0 heterocycles. The first-order valence-corrected chi connectivity index (χ1v) is 6.51. The van der Waals surface area contributed by atoms with Crippen molar-refractivity contribution in [1.82, 2.24) is 5.32 Å². The summed E-state index contributed by atoms with van der Waals surface area (Å²) >= 11 is 0. The minimum atomic E-state index is -0.300. The SMILES string of the molecule is CNCCC(Oc1ccc(F)cc1)c1ccc(F)cc1. The molecule has 0 fully saturated rings. The van der Waals surface area contributed by atoms with Gasteiger partial charge in [0, 0.05) is 6.42 Å². The monoisotopic (exact) mass is 277 g/mol. The Morgan fingerprint density at radius 2 is 1.50 bits per heavy atom. The van der Waals surface area contributed by atoms with Gasteiger partial charge in [-0.15, -0.1) is 0 Å². The van der Waals surface area contributed by atoms with Crippen LogP contribution in [0.15, 0.2) is 48.5 Å². The maximum absolute atomic E-state index is 13.0. The Morgan fingerprint density at radius 1 is 0.950 bits per heavy atom. The molecular weight excluding hydrogens is 260 g/mol. The van der Waals surface area contributed by atoms with Gasteiger partial charge < -0.3 is 10.1 Å². The molecule has 0 aromatic heterocycles. The van der Waals surface area contributed by atoms with Crippen LogP contribution in [0.25, 0.3) is 0 Å². The summed E-state index contributed by atoms with van der Waals surface area (Å²) in [4.78, 5) is 0. The van der Waals surface area contributed by atoms with Crippen molar-refractivity contribution >= 4 is 0 Å². The summed E-state index contributed by atoms with van der Waals surface area (Å²) in [6.45, 7) is 0.767. The van der Waals surface area contributed by atoms with E-state index in [1.54, 1.807) is 24.3 Å². The Bertz CT molecular complexity index is 525.